The molecule has 0 saturated heterocycles. The van der Waals surface area contributed by atoms with Crippen molar-refractivity contribution >= 4 is 0 Å². The van der Waals surface area contributed by atoms with Gasteiger partial charge in [0.05, 0.1) is 18.3 Å². The van der Waals surface area contributed by atoms with E-state index in [1.165, 1.54) is 64.2 Å². The molecule has 0 aromatic carbocycles. The van der Waals surface area contributed by atoms with E-state index in [2.05, 4.69) is 29.2 Å². The summed E-state index contributed by atoms with van der Waals surface area (Å²) in [7, 11) is 0. The van der Waals surface area contributed by atoms with Crippen LogP contribution in [-0.4, -0.2) is 56.7 Å². The summed E-state index contributed by atoms with van der Waals surface area (Å²) < 4.78 is 0. The SMILES string of the molecule is OC1CCC(/C=C/C2CCCC(/C=C/C3CCC(N(C4CCC(O)CC4)C4CCC(O)CC4)CC3)C2)CC1. The van der Waals surface area contributed by atoms with E-state index in [9.17, 15) is 15.3 Å². The minimum Gasteiger partial charge on any atom is -0.393 e. The maximum Gasteiger partial charge on any atom is 0.0541 e. The summed E-state index contributed by atoms with van der Waals surface area (Å²) in [5, 5.41) is 30.0. The second-order valence-corrected chi connectivity index (χ2v) is 14.0. The monoisotopic (exact) mass is 527 g/mol. The van der Waals surface area contributed by atoms with Crippen LogP contribution in [-0.2, 0) is 0 Å². The average molecular weight is 528 g/mol. The van der Waals surface area contributed by atoms with E-state index in [-0.39, 0.29) is 18.3 Å². The maximum absolute atomic E-state index is 10.1. The van der Waals surface area contributed by atoms with E-state index in [4.69, 9.17) is 0 Å². The topological polar surface area (TPSA) is 63.9 Å². The predicted molar refractivity (Wildman–Crippen MR) is 156 cm³/mol. The van der Waals surface area contributed by atoms with Crippen LogP contribution in [0.5, 0.6) is 0 Å². The lowest BCUT2D eigenvalue weighted by atomic mass is 9.78. The normalized spacial score (nSPS) is 43.7. The first kappa shape index (κ1) is 28.8. The van der Waals surface area contributed by atoms with E-state index in [1.807, 2.05) is 0 Å². The Kier molecular flexibility index (Phi) is 10.8. The molecule has 0 radical (unpaired) electrons. The number of hydrogen-bond acceptors (Lipinski definition) is 4. The molecular weight excluding hydrogens is 470 g/mol. The Balaban J connectivity index is 1.10. The van der Waals surface area contributed by atoms with Crippen LogP contribution in [0.4, 0.5) is 0 Å². The summed E-state index contributed by atoms with van der Waals surface area (Å²) in [6.07, 6.45) is 33.5. The lowest BCUT2D eigenvalue weighted by Crippen LogP contribution is -2.53. The Morgan fingerprint density at radius 3 is 1.11 bits per heavy atom. The summed E-state index contributed by atoms with van der Waals surface area (Å²) in [4.78, 5) is 2.92. The van der Waals surface area contributed by atoms with Gasteiger partial charge in [0, 0.05) is 18.1 Å². The van der Waals surface area contributed by atoms with E-state index in [0.717, 1.165) is 82.0 Å². The molecule has 0 amide bonds. The minimum absolute atomic E-state index is 0.0513. The summed E-state index contributed by atoms with van der Waals surface area (Å²) in [5.74, 6) is 2.95. The van der Waals surface area contributed by atoms with Crippen molar-refractivity contribution in [2.24, 2.45) is 23.7 Å². The van der Waals surface area contributed by atoms with Gasteiger partial charge in [0.2, 0.25) is 0 Å². The zero-order valence-electron chi connectivity index (χ0n) is 24.0. The molecule has 216 valence electrons. The van der Waals surface area contributed by atoms with Gasteiger partial charge >= 0.3 is 0 Å². The van der Waals surface area contributed by atoms with Crippen LogP contribution in [0.3, 0.4) is 0 Å². The second kappa shape index (κ2) is 14.3. The fourth-order valence-electron chi connectivity index (χ4n) is 8.74. The van der Waals surface area contributed by atoms with Gasteiger partial charge in [0.25, 0.3) is 0 Å². The van der Waals surface area contributed by atoms with Crippen molar-refractivity contribution in [3.05, 3.63) is 24.3 Å². The molecule has 4 heteroatoms. The molecule has 0 aliphatic heterocycles. The quantitative estimate of drug-likeness (QED) is 0.314. The van der Waals surface area contributed by atoms with Gasteiger partial charge in [-0.3, -0.25) is 4.90 Å². The number of allylic oxidation sites excluding steroid dienone is 4. The zero-order chi connectivity index (χ0) is 26.3. The van der Waals surface area contributed by atoms with Crippen molar-refractivity contribution in [3.8, 4) is 0 Å². The van der Waals surface area contributed by atoms with Crippen LogP contribution < -0.4 is 0 Å². The molecule has 5 rings (SSSR count). The van der Waals surface area contributed by atoms with E-state index in [0.29, 0.717) is 24.0 Å². The Hall–Kier alpha value is -0.680. The number of aliphatic hydroxyl groups is 3. The third kappa shape index (κ3) is 8.18. The summed E-state index contributed by atoms with van der Waals surface area (Å²) in [6.45, 7) is 0. The van der Waals surface area contributed by atoms with E-state index in [1.54, 1.807) is 0 Å². The van der Waals surface area contributed by atoms with Gasteiger partial charge in [-0.2, -0.15) is 0 Å². The molecule has 0 bridgehead atoms. The van der Waals surface area contributed by atoms with Crippen LogP contribution in [0.25, 0.3) is 0 Å². The Labute approximate surface area is 233 Å². The molecule has 0 spiro atoms. The van der Waals surface area contributed by atoms with Crippen LogP contribution in [0.2, 0.25) is 0 Å². The van der Waals surface area contributed by atoms with Crippen LogP contribution >= 0.6 is 0 Å². The van der Waals surface area contributed by atoms with Gasteiger partial charge in [-0.25, -0.2) is 0 Å². The molecule has 4 nitrogen and oxygen atoms in total. The fourth-order valence-corrected chi connectivity index (χ4v) is 8.74. The molecule has 0 heterocycles. The van der Waals surface area contributed by atoms with Gasteiger partial charge in [-0.15, -0.1) is 0 Å². The number of hydrogen-bond donors (Lipinski definition) is 3. The molecule has 0 aromatic rings. The molecule has 5 aliphatic rings. The molecule has 2 unspecified atom stereocenters. The first-order valence-corrected chi connectivity index (χ1v) is 16.7. The first-order chi connectivity index (χ1) is 18.5. The fraction of sp³-hybridized carbons (Fsp3) is 0.882. The van der Waals surface area contributed by atoms with Crippen LogP contribution in [0, 0.1) is 23.7 Å². The third-order valence-corrected chi connectivity index (χ3v) is 11.1. The van der Waals surface area contributed by atoms with Crippen LogP contribution in [0.15, 0.2) is 24.3 Å². The summed E-state index contributed by atoms with van der Waals surface area (Å²) in [5.41, 5.74) is 0. The van der Waals surface area contributed by atoms with Gasteiger partial charge in [0.15, 0.2) is 0 Å². The van der Waals surface area contributed by atoms with Crippen LogP contribution in [0.1, 0.15) is 128 Å². The highest BCUT2D eigenvalue weighted by atomic mass is 16.3. The second-order valence-electron chi connectivity index (χ2n) is 14.0. The van der Waals surface area contributed by atoms with Crippen molar-refractivity contribution in [3.63, 3.8) is 0 Å². The largest absolute Gasteiger partial charge is 0.393 e. The molecule has 38 heavy (non-hydrogen) atoms. The van der Waals surface area contributed by atoms with Crippen molar-refractivity contribution < 1.29 is 15.3 Å². The molecule has 3 N–H and O–H groups in total. The lowest BCUT2D eigenvalue weighted by molar-refractivity contribution is -0.0162. The maximum atomic E-state index is 10.1. The van der Waals surface area contributed by atoms with Gasteiger partial charge in [0.1, 0.15) is 0 Å². The van der Waals surface area contributed by atoms with Gasteiger partial charge < -0.3 is 15.3 Å². The highest BCUT2D eigenvalue weighted by molar-refractivity contribution is 5.02. The number of rotatable bonds is 7. The summed E-state index contributed by atoms with van der Waals surface area (Å²) in [6, 6.07) is 1.98. The standard InChI is InChI=1S/C34H57NO3/c36-32-18-10-26(11-19-32)5-7-28-3-1-2-27(24-28)6-4-25-8-12-29(13-9-25)35(30-14-20-33(37)21-15-30)31-16-22-34(38)23-17-31/h4-7,25-34,36-38H,1-3,8-24H2/b6-4+,7-5+. The lowest BCUT2D eigenvalue weighted by Gasteiger charge is -2.49. The highest BCUT2D eigenvalue weighted by Gasteiger charge is 2.37. The van der Waals surface area contributed by atoms with Gasteiger partial charge in [-0.1, -0.05) is 30.7 Å². The number of nitrogens with zero attached hydrogens (tertiary/aromatic N) is 1. The molecule has 0 aromatic heterocycles. The Bertz CT molecular complexity index is 713. The molecule has 5 saturated carbocycles. The molecule has 5 aliphatic carbocycles. The Morgan fingerprint density at radius 1 is 0.368 bits per heavy atom. The minimum atomic E-state index is -0.0849. The van der Waals surface area contributed by atoms with Crippen molar-refractivity contribution in [2.75, 3.05) is 0 Å². The predicted octanol–water partition coefficient (Wildman–Crippen LogP) is 6.92. The van der Waals surface area contributed by atoms with Crippen molar-refractivity contribution in [2.45, 2.75) is 165 Å². The van der Waals surface area contributed by atoms with E-state index >= 15 is 0 Å². The highest BCUT2D eigenvalue weighted by Crippen LogP contribution is 2.39. The first-order valence-electron chi connectivity index (χ1n) is 16.7. The summed E-state index contributed by atoms with van der Waals surface area (Å²) >= 11 is 0. The average Bonchev–Trinajstić information content (AvgIpc) is 2.95. The molecular formula is C34H57NO3. The Morgan fingerprint density at radius 2 is 0.684 bits per heavy atom. The van der Waals surface area contributed by atoms with Crippen molar-refractivity contribution in [1.29, 1.82) is 0 Å². The smallest absolute Gasteiger partial charge is 0.0541 e. The third-order valence-electron chi connectivity index (χ3n) is 11.1. The van der Waals surface area contributed by atoms with Crippen molar-refractivity contribution in [1.82, 2.24) is 4.90 Å². The zero-order valence-corrected chi connectivity index (χ0v) is 24.0. The number of aliphatic hydroxyl groups excluding tert-OH is 3. The molecule has 2 atom stereocenters. The van der Waals surface area contributed by atoms with Gasteiger partial charge in [-0.05, 0) is 146 Å². The molecule has 5 fully saturated rings. The van der Waals surface area contributed by atoms with E-state index < -0.39 is 0 Å².